The number of anilines is 2. The van der Waals surface area contributed by atoms with E-state index in [0.29, 0.717) is 0 Å². The quantitative estimate of drug-likeness (QED) is 0.732. The number of nitrogens with one attached hydrogen (secondary N) is 1. The first-order valence-corrected chi connectivity index (χ1v) is 9.98. The molecule has 0 saturated carbocycles. The summed E-state index contributed by atoms with van der Waals surface area (Å²) >= 11 is 0. The molecular formula is C23H25N5O. The minimum atomic E-state index is 0.0233. The summed E-state index contributed by atoms with van der Waals surface area (Å²) in [4.78, 5) is 18.9. The number of carbonyl (C=O) groups is 1. The van der Waals surface area contributed by atoms with Crippen molar-refractivity contribution < 1.29 is 4.79 Å². The third-order valence-corrected chi connectivity index (χ3v) is 5.68. The van der Waals surface area contributed by atoms with E-state index in [1.54, 1.807) is 12.4 Å². The highest BCUT2D eigenvalue weighted by molar-refractivity contribution is 5.93. The molecule has 1 aliphatic heterocycles. The Kier molecular flexibility index (Phi) is 5.51. The molecule has 0 aliphatic carbocycles. The largest absolute Gasteiger partial charge is 0.355 e. The van der Waals surface area contributed by atoms with Gasteiger partial charge in [-0.1, -0.05) is 12.1 Å². The van der Waals surface area contributed by atoms with Crippen molar-refractivity contribution >= 4 is 17.4 Å². The first kappa shape index (κ1) is 19.1. The van der Waals surface area contributed by atoms with Crippen molar-refractivity contribution in [2.75, 3.05) is 23.3 Å². The molecule has 2 aromatic heterocycles. The molecule has 148 valence electrons. The lowest BCUT2D eigenvalue weighted by Crippen LogP contribution is -2.38. The molecule has 1 aromatic carbocycles. The van der Waals surface area contributed by atoms with Gasteiger partial charge in [0.2, 0.25) is 5.91 Å². The maximum Gasteiger partial charge on any atom is 0.227 e. The van der Waals surface area contributed by atoms with E-state index in [1.807, 2.05) is 43.3 Å². The lowest BCUT2D eigenvalue weighted by molar-refractivity contribution is -0.120. The van der Waals surface area contributed by atoms with E-state index in [4.69, 9.17) is 0 Å². The fourth-order valence-electron chi connectivity index (χ4n) is 3.66. The summed E-state index contributed by atoms with van der Waals surface area (Å²) in [5, 5.41) is 11.9. The molecule has 3 aromatic rings. The van der Waals surface area contributed by atoms with Crippen molar-refractivity contribution in [3.63, 3.8) is 0 Å². The van der Waals surface area contributed by atoms with Gasteiger partial charge in [0.05, 0.1) is 5.69 Å². The standard InChI is InChI=1S/C23H25N5O/c1-16-4-3-5-20(17(16)2)25-23(29)19-10-14-28(15-11-19)22-7-6-21(26-27-22)18-8-12-24-13-9-18/h3-9,12-13,19H,10-11,14-15H2,1-2H3,(H,25,29). The number of piperidine rings is 1. The molecule has 1 aliphatic rings. The molecule has 4 rings (SSSR count). The fraction of sp³-hybridized carbons (Fsp3) is 0.304. The number of benzene rings is 1. The molecular weight excluding hydrogens is 362 g/mol. The molecule has 0 atom stereocenters. The second kappa shape index (κ2) is 8.39. The van der Waals surface area contributed by atoms with E-state index < -0.39 is 0 Å². The average Bonchev–Trinajstić information content (AvgIpc) is 2.78. The summed E-state index contributed by atoms with van der Waals surface area (Å²) in [7, 11) is 0. The fourth-order valence-corrected chi connectivity index (χ4v) is 3.66. The number of amides is 1. The number of pyridine rings is 1. The molecule has 6 heteroatoms. The van der Waals surface area contributed by atoms with Crippen molar-refractivity contribution in [1.29, 1.82) is 0 Å². The summed E-state index contributed by atoms with van der Waals surface area (Å²) in [5.74, 6) is 0.990. The molecule has 3 heterocycles. The van der Waals surface area contributed by atoms with Gasteiger partial charge >= 0.3 is 0 Å². The summed E-state index contributed by atoms with van der Waals surface area (Å²) in [6.07, 6.45) is 5.12. The zero-order chi connectivity index (χ0) is 20.2. The maximum absolute atomic E-state index is 12.7. The summed E-state index contributed by atoms with van der Waals surface area (Å²) in [5.41, 5.74) is 5.06. The van der Waals surface area contributed by atoms with E-state index >= 15 is 0 Å². The summed E-state index contributed by atoms with van der Waals surface area (Å²) < 4.78 is 0. The predicted octanol–water partition coefficient (Wildman–Crippen LogP) is 4.01. The minimum absolute atomic E-state index is 0.0233. The molecule has 0 bridgehead atoms. The van der Waals surface area contributed by atoms with Crippen molar-refractivity contribution in [2.24, 2.45) is 5.92 Å². The number of aryl methyl sites for hydroxylation is 1. The highest BCUT2D eigenvalue weighted by Gasteiger charge is 2.26. The lowest BCUT2D eigenvalue weighted by atomic mass is 9.95. The number of rotatable bonds is 4. The van der Waals surface area contributed by atoms with Crippen molar-refractivity contribution in [3.8, 4) is 11.3 Å². The highest BCUT2D eigenvalue weighted by atomic mass is 16.1. The van der Waals surface area contributed by atoms with Crippen LogP contribution in [0, 0.1) is 19.8 Å². The number of aromatic nitrogens is 3. The van der Waals surface area contributed by atoms with E-state index in [1.165, 1.54) is 5.56 Å². The Balaban J connectivity index is 1.35. The predicted molar refractivity (Wildman–Crippen MR) is 115 cm³/mol. The summed E-state index contributed by atoms with van der Waals surface area (Å²) in [6, 6.07) is 13.8. The number of hydrogen-bond donors (Lipinski definition) is 1. The molecule has 29 heavy (non-hydrogen) atoms. The van der Waals surface area contributed by atoms with Crippen LogP contribution in [0.1, 0.15) is 24.0 Å². The van der Waals surface area contributed by atoms with E-state index in [9.17, 15) is 4.79 Å². The SMILES string of the molecule is Cc1cccc(NC(=O)C2CCN(c3ccc(-c4ccncc4)nn3)CC2)c1C. The maximum atomic E-state index is 12.7. The van der Waals surface area contributed by atoms with Crippen LogP contribution in [0.15, 0.2) is 54.9 Å². The zero-order valence-corrected chi connectivity index (χ0v) is 16.8. The Morgan fingerprint density at radius 1 is 1.00 bits per heavy atom. The summed E-state index contributed by atoms with van der Waals surface area (Å²) in [6.45, 7) is 5.70. The van der Waals surface area contributed by atoms with Crippen LogP contribution in [-0.2, 0) is 4.79 Å². The van der Waals surface area contributed by atoms with Gasteiger partial charge in [-0.05, 0) is 68.1 Å². The topological polar surface area (TPSA) is 71.0 Å². The van der Waals surface area contributed by atoms with Crippen LogP contribution in [-0.4, -0.2) is 34.2 Å². The molecule has 0 spiro atoms. The third kappa shape index (κ3) is 4.26. The minimum Gasteiger partial charge on any atom is -0.355 e. The van der Waals surface area contributed by atoms with Crippen molar-refractivity contribution in [1.82, 2.24) is 15.2 Å². The molecule has 6 nitrogen and oxygen atoms in total. The van der Waals surface area contributed by atoms with Crippen LogP contribution < -0.4 is 10.2 Å². The monoisotopic (exact) mass is 387 g/mol. The normalized spacial score (nSPS) is 14.6. The van der Waals surface area contributed by atoms with Gasteiger partial charge < -0.3 is 10.2 Å². The number of carbonyl (C=O) groups excluding carboxylic acids is 1. The first-order chi connectivity index (χ1) is 14.1. The highest BCUT2D eigenvalue weighted by Crippen LogP contribution is 2.25. The van der Waals surface area contributed by atoms with Gasteiger partial charge in [0, 0.05) is 42.7 Å². The average molecular weight is 387 g/mol. The van der Waals surface area contributed by atoms with Gasteiger partial charge in [-0.3, -0.25) is 9.78 Å². The second-order valence-corrected chi connectivity index (χ2v) is 7.51. The van der Waals surface area contributed by atoms with Crippen LogP contribution in [0.25, 0.3) is 11.3 Å². The van der Waals surface area contributed by atoms with Crippen LogP contribution >= 0.6 is 0 Å². The molecule has 1 fully saturated rings. The smallest absolute Gasteiger partial charge is 0.227 e. The molecule has 0 unspecified atom stereocenters. The van der Waals surface area contributed by atoms with Gasteiger partial charge in [0.25, 0.3) is 0 Å². The third-order valence-electron chi connectivity index (χ3n) is 5.68. The van der Waals surface area contributed by atoms with Gasteiger partial charge in [-0.15, -0.1) is 10.2 Å². The molecule has 1 saturated heterocycles. The van der Waals surface area contributed by atoms with Gasteiger partial charge in [-0.2, -0.15) is 0 Å². The van der Waals surface area contributed by atoms with E-state index in [-0.39, 0.29) is 11.8 Å². The van der Waals surface area contributed by atoms with Crippen LogP contribution in [0.3, 0.4) is 0 Å². The molecule has 1 amide bonds. The van der Waals surface area contributed by atoms with Gasteiger partial charge in [0.15, 0.2) is 5.82 Å². The second-order valence-electron chi connectivity index (χ2n) is 7.51. The van der Waals surface area contributed by atoms with E-state index in [0.717, 1.165) is 54.3 Å². The van der Waals surface area contributed by atoms with Crippen LogP contribution in [0.2, 0.25) is 0 Å². The Morgan fingerprint density at radius 2 is 1.76 bits per heavy atom. The van der Waals surface area contributed by atoms with Crippen LogP contribution in [0.4, 0.5) is 11.5 Å². The van der Waals surface area contributed by atoms with Gasteiger partial charge in [-0.25, -0.2) is 0 Å². The zero-order valence-electron chi connectivity index (χ0n) is 16.8. The van der Waals surface area contributed by atoms with Gasteiger partial charge in [0.1, 0.15) is 0 Å². The Hall–Kier alpha value is -3.28. The van der Waals surface area contributed by atoms with E-state index in [2.05, 4.69) is 38.4 Å². The number of nitrogens with zero attached hydrogens (tertiary/aromatic N) is 4. The van der Waals surface area contributed by atoms with Crippen molar-refractivity contribution in [3.05, 3.63) is 66.0 Å². The first-order valence-electron chi connectivity index (χ1n) is 9.98. The molecule has 0 radical (unpaired) electrons. The lowest BCUT2D eigenvalue weighted by Gasteiger charge is -2.32. The Labute approximate surface area is 171 Å². The Morgan fingerprint density at radius 3 is 2.45 bits per heavy atom. The van der Waals surface area contributed by atoms with Crippen molar-refractivity contribution in [2.45, 2.75) is 26.7 Å². The molecule has 1 N–H and O–H groups in total. The number of hydrogen-bond acceptors (Lipinski definition) is 5. The van der Waals surface area contributed by atoms with Crippen LogP contribution in [0.5, 0.6) is 0 Å². The Bertz CT molecular complexity index is 980.